The quantitative estimate of drug-likeness (QED) is 0.427. The predicted molar refractivity (Wildman–Crippen MR) is 50.8 cm³/mol. The standard InChI is InChI=1S/C9HClF16/c10-2(1-11)3(12,13)5(15,16)7(19,20)6(17,18)4(14,8(21,22)23)9(24,25)26/h1H. The highest BCUT2D eigenvalue weighted by Crippen LogP contribution is 2.64. The second-order valence-electron chi connectivity index (χ2n) is 4.41. The zero-order valence-electron chi connectivity index (χ0n) is 11.0. The Balaban J connectivity index is 6.85. The number of alkyl halides is 15. The van der Waals surface area contributed by atoms with Crippen LogP contribution < -0.4 is 0 Å². The molecule has 0 atom stereocenters. The van der Waals surface area contributed by atoms with Crippen molar-refractivity contribution in [2.75, 3.05) is 0 Å². The van der Waals surface area contributed by atoms with Gasteiger partial charge in [-0.25, -0.2) is 8.78 Å². The van der Waals surface area contributed by atoms with Gasteiger partial charge in [0.1, 0.15) is 11.4 Å². The van der Waals surface area contributed by atoms with Gasteiger partial charge in [-0.05, 0) is 0 Å². The zero-order chi connectivity index (χ0) is 21.8. The lowest BCUT2D eigenvalue weighted by Gasteiger charge is -2.43. The summed E-state index contributed by atoms with van der Waals surface area (Å²) in [7, 11) is 0. The van der Waals surface area contributed by atoms with E-state index >= 15 is 0 Å². The van der Waals surface area contributed by atoms with Gasteiger partial charge in [-0.2, -0.15) is 61.5 Å². The van der Waals surface area contributed by atoms with Gasteiger partial charge in [0.15, 0.2) is 0 Å². The normalized spacial score (nSPS) is 16.9. The first-order valence-corrected chi connectivity index (χ1v) is 5.66. The van der Waals surface area contributed by atoms with E-state index in [1.165, 1.54) is 0 Å². The molecule has 0 N–H and O–H groups in total. The summed E-state index contributed by atoms with van der Waals surface area (Å²) in [6.07, 6.45) is -17.8. The average Bonchev–Trinajstić information content (AvgIpc) is 2.41. The molecule has 0 heterocycles. The lowest BCUT2D eigenvalue weighted by molar-refractivity contribution is -0.454. The Bertz CT molecular complexity index is 537. The first kappa shape index (κ1) is 24.9. The highest BCUT2D eigenvalue weighted by Gasteiger charge is 2.95. The van der Waals surface area contributed by atoms with Crippen LogP contribution in [0.5, 0.6) is 0 Å². The van der Waals surface area contributed by atoms with Crippen molar-refractivity contribution in [3.05, 3.63) is 11.4 Å². The SMILES string of the molecule is FC=C(Cl)C(F)(F)C(F)(F)C(F)(F)C(F)(F)C(F)(C(F)(F)F)C(F)(F)F. The van der Waals surface area contributed by atoms with Crippen LogP contribution in [-0.2, 0) is 0 Å². The van der Waals surface area contributed by atoms with Crippen LogP contribution in [0, 0.1) is 0 Å². The second kappa shape index (κ2) is 6.22. The molecule has 26 heavy (non-hydrogen) atoms. The number of halogens is 17. The molecule has 0 fully saturated rings. The van der Waals surface area contributed by atoms with E-state index in [-0.39, 0.29) is 0 Å². The first-order valence-electron chi connectivity index (χ1n) is 5.28. The zero-order valence-corrected chi connectivity index (χ0v) is 11.8. The summed E-state index contributed by atoms with van der Waals surface area (Å²) in [4.78, 5) is 0. The summed E-state index contributed by atoms with van der Waals surface area (Å²) in [5.41, 5.74) is -8.39. The summed E-state index contributed by atoms with van der Waals surface area (Å²) in [5.74, 6) is -31.8. The first-order chi connectivity index (χ1) is 11.0. The second-order valence-corrected chi connectivity index (χ2v) is 4.82. The van der Waals surface area contributed by atoms with Crippen molar-refractivity contribution in [1.29, 1.82) is 0 Å². The third-order valence-electron chi connectivity index (χ3n) is 2.79. The smallest absolute Gasteiger partial charge is 0.216 e. The minimum absolute atomic E-state index is 1.78. The van der Waals surface area contributed by atoms with Crippen LogP contribution in [0.3, 0.4) is 0 Å². The minimum Gasteiger partial charge on any atom is -0.216 e. The fraction of sp³-hybridized carbons (Fsp3) is 0.778. The predicted octanol–water partition coefficient (Wildman–Crippen LogP) is 6.41. The van der Waals surface area contributed by atoms with Gasteiger partial charge in [-0.1, -0.05) is 11.6 Å². The molecule has 0 saturated carbocycles. The third-order valence-corrected chi connectivity index (χ3v) is 3.11. The molecular weight excluding hydrogens is 448 g/mol. The van der Waals surface area contributed by atoms with Crippen molar-refractivity contribution < 1.29 is 70.2 Å². The molecule has 0 nitrogen and oxygen atoms in total. The van der Waals surface area contributed by atoms with Crippen molar-refractivity contribution in [2.45, 2.75) is 41.7 Å². The average molecular weight is 449 g/mol. The summed E-state index contributed by atoms with van der Waals surface area (Å²) in [6, 6.07) is 0. The van der Waals surface area contributed by atoms with Crippen LogP contribution in [0.25, 0.3) is 0 Å². The van der Waals surface area contributed by atoms with Crippen molar-refractivity contribution in [3.8, 4) is 0 Å². The molecule has 0 unspecified atom stereocenters. The molecule has 0 aliphatic heterocycles. The Morgan fingerprint density at radius 1 is 0.538 bits per heavy atom. The van der Waals surface area contributed by atoms with E-state index < -0.39 is 53.1 Å². The van der Waals surface area contributed by atoms with Crippen molar-refractivity contribution in [1.82, 2.24) is 0 Å². The van der Waals surface area contributed by atoms with Gasteiger partial charge in [-0.3, -0.25) is 0 Å². The Kier molecular flexibility index (Phi) is 5.96. The number of hydrogen-bond donors (Lipinski definition) is 0. The molecule has 0 aromatic rings. The van der Waals surface area contributed by atoms with E-state index in [0.717, 1.165) is 0 Å². The highest BCUT2D eigenvalue weighted by atomic mass is 35.5. The maximum atomic E-state index is 13.1. The molecule has 0 aromatic heterocycles. The van der Waals surface area contributed by atoms with Crippen LogP contribution in [0.15, 0.2) is 11.4 Å². The summed E-state index contributed by atoms with van der Waals surface area (Å²) in [6.45, 7) is 0. The van der Waals surface area contributed by atoms with Crippen molar-refractivity contribution >= 4 is 11.6 Å². The molecule has 0 saturated heterocycles. The summed E-state index contributed by atoms with van der Waals surface area (Å²) < 4.78 is 202. The van der Waals surface area contributed by atoms with Gasteiger partial charge < -0.3 is 0 Å². The van der Waals surface area contributed by atoms with E-state index in [1.54, 1.807) is 0 Å². The third kappa shape index (κ3) is 2.96. The fourth-order valence-electron chi connectivity index (χ4n) is 1.35. The largest absolute Gasteiger partial charge is 0.438 e. The van der Waals surface area contributed by atoms with E-state index in [1.807, 2.05) is 0 Å². The molecular formula is C9HClF16. The Morgan fingerprint density at radius 2 is 0.846 bits per heavy atom. The van der Waals surface area contributed by atoms with Crippen LogP contribution in [0.4, 0.5) is 70.2 Å². The van der Waals surface area contributed by atoms with E-state index in [2.05, 4.69) is 11.6 Å². The van der Waals surface area contributed by atoms with Crippen molar-refractivity contribution in [3.63, 3.8) is 0 Å². The maximum absolute atomic E-state index is 13.1. The lowest BCUT2D eigenvalue weighted by atomic mass is 9.86. The Labute approximate surface area is 136 Å². The molecule has 0 rings (SSSR count). The highest BCUT2D eigenvalue weighted by molar-refractivity contribution is 6.30. The summed E-state index contributed by atoms with van der Waals surface area (Å²) in [5, 5.41) is -3.29. The van der Waals surface area contributed by atoms with Gasteiger partial charge in [0.05, 0.1) is 0 Å². The number of rotatable bonds is 5. The molecule has 0 aromatic carbocycles. The monoisotopic (exact) mass is 448 g/mol. The molecule has 156 valence electrons. The van der Waals surface area contributed by atoms with Gasteiger partial charge in [0.2, 0.25) is 0 Å². The van der Waals surface area contributed by atoms with Crippen LogP contribution in [-0.4, -0.2) is 41.7 Å². The lowest BCUT2D eigenvalue weighted by Crippen LogP contribution is -2.75. The van der Waals surface area contributed by atoms with Gasteiger partial charge in [-0.15, -0.1) is 0 Å². The number of allylic oxidation sites excluding steroid dienone is 1. The molecule has 0 spiro atoms. The van der Waals surface area contributed by atoms with E-state index in [9.17, 15) is 70.2 Å². The fourth-order valence-corrected chi connectivity index (χ4v) is 1.46. The van der Waals surface area contributed by atoms with Gasteiger partial charge in [0.25, 0.3) is 0 Å². The molecule has 17 heteroatoms. The van der Waals surface area contributed by atoms with Gasteiger partial charge in [0, 0.05) is 0 Å². The maximum Gasteiger partial charge on any atom is 0.438 e. The molecule has 0 aliphatic carbocycles. The van der Waals surface area contributed by atoms with E-state index in [0.29, 0.717) is 0 Å². The molecule has 0 aliphatic rings. The van der Waals surface area contributed by atoms with Crippen molar-refractivity contribution in [2.24, 2.45) is 0 Å². The topological polar surface area (TPSA) is 0 Å². The molecule has 0 amide bonds. The van der Waals surface area contributed by atoms with Crippen LogP contribution in [0.1, 0.15) is 0 Å². The van der Waals surface area contributed by atoms with E-state index in [4.69, 9.17) is 0 Å². The number of hydrogen-bond acceptors (Lipinski definition) is 0. The minimum atomic E-state index is -8.54. The molecule has 0 bridgehead atoms. The van der Waals surface area contributed by atoms with Gasteiger partial charge >= 0.3 is 41.7 Å². The molecule has 0 radical (unpaired) electrons. The van der Waals surface area contributed by atoms with Crippen LogP contribution >= 0.6 is 11.6 Å². The Hall–Kier alpha value is -1.09. The summed E-state index contributed by atoms with van der Waals surface area (Å²) >= 11 is 4.03. The Morgan fingerprint density at radius 3 is 1.08 bits per heavy atom. The van der Waals surface area contributed by atoms with Crippen LogP contribution in [0.2, 0.25) is 0 Å².